The molecule has 2 aromatic carbocycles. The predicted molar refractivity (Wildman–Crippen MR) is 133 cm³/mol. The molecule has 0 aliphatic rings. The first-order valence-electron chi connectivity index (χ1n) is 11.9. The Morgan fingerprint density at radius 1 is 0.906 bits per heavy atom. The third kappa shape index (κ3) is 7.81. The molecule has 2 aromatic rings. The zero-order chi connectivity index (χ0) is 23.7. The van der Waals surface area contributed by atoms with Crippen LogP contribution in [0.2, 0.25) is 0 Å². The van der Waals surface area contributed by atoms with Crippen LogP contribution >= 0.6 is 0 Å². The number of aryl methyl sites for hydroxylation is 2. The Balaban J connectivity index is 2.16. The average molecular weight is 437 g/mol. The van der Waals surface area contributed by atoms with Crippen LogP contribution in [0.4, 0.5) is 0 Å². The molecule has 0 radical (unpaired) electrons. The Hall–Kier alpha value is -2.62. The van der Waals surface area contributed by atoms with E-state index < -0.39 is 6.04 Å². The van der Waals surface area contributed by atoms with Gasteiger partial charge in [0.1, 0.15) is 6.04 Å². The summed E-state index contributed by atoms with van der Waals surface area (Å²) in [5, 5.41) is 3.02. The summed E-state index contributed by atoms with van der Waals surface area (Å²) >= 11 is 0. The first-order chi connectivity index (χ1) is 15.2. The molecule has 4 heteroatoms. The second-order valence-electron chi connectivity index (χ2n) is 9.47. The smallest absolute Gasteiger partial charge is 0.242 e. The van der Waals surface area contributed by atoms with Crippen LogP contribution in [0.5, 0.6) is 0 Å². The van der Waals surface area contributed by atoms with E-state index in [1.54, 1.807) is 4.90 Å². The van der Waals surface area contributed by atoms with Gasteiger partial charge in [0, 0.05) is 19.5 Å². The molecule has 0 heterocycles. The van der Waals surface area contributed by atoms with Gasteiger partial charge in [-0.1, -0.05) is 88.7 Å². The first-order valence-corrected chi connectivity index (χ1v) is 11.9. The van der Waals surface area contributed by atoms with E-state index in [9.17, 15) is 9.59 Å². The molecule has 2 amide bonds. The summed E-state index contributed by atoms with van der Waals surface area (Å²) in [6.45, 7) is 13.6. The Morgan fingerprint density at radius 2 is 1.50 bits per heavy atom. The molecule has 0 saturated heterocycles. The first kappa shape index (κ1) is 25.6. The number of hydrogen-bond acceptors (Lipinski definition) is 2. The van der Waals surface area contributed by atoms with Crippen molar-refractivity contribution in [1.29, 1.82) is 0 Å². The normalized spacial score (nSPS) is 12.1. The van der Waals surface area contributed by atoms with Gasteiger partial charge >= 0.3 is 0 Å². The topological polar surface area (TPSA) is 49.4 Å². The Morgan fingerprint density at radius 3 is 2.03 bits per heavy atom. The number of hydrogen-bond donors (Lipinski definition) is 1. The molecule has 0 saturated carbocycles. The van der Waals surface area contributed by atoms with Gasteiger partial charge in [0.05, 0.1) is 0 Å². The van der Waals surface area contributed by atoms with Gasteiger partial charge in [-0.3, -0.25) is 9.59 Å². The number of carbonyl (C=O) groups excluding carboxylic acids is 2. The molecule has 4 nitrogen and oxygen atoms in total. The maximum Gasteiger partial charge on any atom is 0.242 e. The van der Waals surface area contributed by atoms with Crippen molar-refractivity contribution < 1.29 is 9.59 Å². The van der Waals surface area contributed by atoms with Gasteiger partial charge in [0.2, 0.25) is 11.8 Å². The van der Waals surface area contributed by atoms with Crippen molar-refractivity contribution in [3.05, 3.63) is 70.8 Å². The molecule has 1 unspecified atom stereocenters. The zero-order valence-corrected chi connectivity index (χ0v) is 20.7. The van der Waals surface area contributed by atoms with E-state index in [0.29, 0.717) is 44.2 Å². The van der Waals surface area contributed by atoms with Gasteiger partial charge in [-0.25, -0.2) is 0 Å². The summed E-state index contributed by atoms with van der Waals surface area (Å²) in [4.78, 5) is 28.1. The largest absolute Gasteiger partial charge is 0.354 e. The summed E-state index contributed by atoms with van der Waals surface area (Å²) in [6, 6.07) is 16.2. The summed E-state index contributed by atoms with van der Waals surface area (Å²) in [5.74, 6) is 0.810. The second kappa shape index (κ2) is 12.4. The van der Waals surface area contributed by atoms with Crippen molar-refractivity contribution in [2.45, 2.75) is 79.3 Å². The standard InChI is InChI=1S/C28H40N2O2/c1-7-26(28(32)29-18-20(2)3)30(19-24-10-8-22(6)9-11-24)27(31)17-14-23-12-15-25(16-13-23)21(4)5/h8-13,15-16,20-21,26H,7,14,17-19H2,1-6H3,(H,29,32). The van der Waals surface area contributed by atoms with Crippen molar-refractivity contribution in [1.82, 2.24) is 10.2 Å². The van der Waals surface area contributed by atoms with Crippen molar-refractivity contribution in [3.8, 4) is 0 Å². The molecule has 0 fully saturated rings. The molecule has 0 spiro atoms. The fraction of sp³-hybridized carbons (Fsp3) is 0.500. The van der Waals surface area contributed by atoms with Gasteiger partial charge in [-0.15, -0.1) is 0 Å². The molecule has 32 heavy (non-hydrogen) atoms. The molecular formula is C28H40N2O2. The summed E-state index contributed by atoms with van der Waals surface area (Å²) < 4.78 is 0. The minimum atomic E-state index is -0.467. The van der Waals surface area contributed by atoms with E-state index in [-0.39, 0.29) is 11.8 Å². The van der Waals surface area contributed by atoms with Crippen LogP contribution in [0.25, 0.3) is 0 Å². The highest BCUT2D eigenvalue weighted by Gasteiger charge is 2.28. The molecule has 1 atom stereocenters. The minimum Gasteiger partial charge on any atom is -0.354 e. The van der Waals surface area contributed by atoms with E-state index in [2.05, 4.69) is 57.3 Å². The monoisotopic (exact) mass is 436 g/mol. The predicted octanol–water partition coefficient (Wildman–Crippen LogP) is 5.63. The highest BCUT2D eigenvalue weighted by Crippen LogP contribution is 2.18. The number of benzene rings is 2. The number of carbonyl (C=O) groups is 2. The van der Waals surface area contributed by atoms with Crippen LogP contribution in [-0.2, 0) is 22.6 Å². The number of amides is 2. The molecule has 0 aliphatic carbocycles. The van der Waals surface area contributed by atoms with Crippen LogP contribution in [0, 0.1) is 12.8 Å². The minimum absolute atomic E-state index is 0.0186. The fourth-order valence-corrected chi connectivity index (χ4v) is 3.70. The molecule has 2 rings (SSSR count). The number of nitrogens with one attached hydrogen (secondary N) is 1. The fourth-order valence-electron chi connectivity index (χ4n) is 3.70. The van der Waals surface area contributed by atoms with Gasteiger partial charge in [0.15, 0.2) is 0 Å². The van der Waals surface area contributed by atoms with Crippen LogP contribution < -0.4 is 5.32 Å². The van der Waals surface area contributed by atoms with E-state index >= 15 is 0 Å². The quantitative estimate of drug-likeness (QED) is 0.496. The Labute approximate surface area is 194 Å². The van der Waals surface area contributed by atoms with Crippen molar-refractivity contribution >= 4 is 11.8 Å². The molecule has 0 aliphatic heterocycles. The van der Waals surface area contributed by atoms with E-state index in [1.165, 1.54) is 11.1 Å². The SMILES string of the molecule is CCC(C(=O)NCC(C)C)N(Cc1ccc(C)cc1)C(=O)CCc1ccc(C(C)C)cc1. The molecule has 174 valence electrons. The molecule has 1 N–H and O–H groups in total. The highest BCUT2D eigenvalue weighted by molar-refractivity contribution is 5.87. The lowest BCUT2D eigenvalue weighted by Gasteiger charge is -2.31. The van der Waals surface area contributed by atoms with E-state index in [0.717, 1.165) is 11.1 Å². The van der Waals surface area contributed by atoms with E-state index in [4.69, 9.17) is 0 Å². The maximum absolute atomic E-state index is 13.4. The van der Waals surface area contributed by atoms with Crippen LogP contribution in [-0.4, -0.2) is 29.3 Å². The third-order valence-electron chi connectivity index (χ3n) is 5.82. The van der Waals surface area contributed by atoms with Crippen LogP contribution in [0.15, 0.2) is 48.5 Å². The third-order valence-corrected chi connectivity index (χ3v) is 5.82. The van der Waals surface area contributed by atoms with Crippen molar-refractivity contribution in [2.24, 2.45) is 5.92 Å². The summed E-state index contributed by atoms with van der Waals surface area (Å²) in [7, 11) is 0. The Bertz CT molecular complexity index is 854. The highest BCUT2D eigenvalue weighted by atomic mass is 16.2. The Kier molecular flexibility index (Phi) is 9.96. The van der Waals surface area contributed by atoms with Gasteiger partial charge < -0.3 is 10.2 Å². The van der Waals surface area contributed by atoms with Gasteiger partial charge in [-0.2, -0.15) is 0 Å². The number of nitrogens with zero attached hydrogens (tertiary/aromatic N) is 1. The average Bonchev–Trinajstić information content (AvgIpc) is 2.77. The zero-order valence-electron chi connectivity index (χ0n) is 20.7. The van der Waals surface area contributed by atoms with Gasteiger partial charge in [0.25, 0.3) is 0 Å². The molecular weight excluding hydrogens is 396 g/mol. The number of rotatable bonds is 11. The lowest BCUT2D eigenvalue weighted by Crippen LogP contribution is -2.49. The second-order valence-corrected chi connectivity index (χ2v) is 9.47. The maximum atomic E-state index is 13.4. The van der Waals surface area contributed by atoms with Crippen LogP contribution in [0.1, 0.15) is 75.6 Å². The molecule has 0 aromatic heterocycles. The van der Waals surface area contributed by atoms with E-state index in [1.807, 2.05) is 38.1 Å². The van der Waals surface area contributed by atoms with Gasteiger partial charge in [-0.05, 0) is 48.3 Å². The lowest BCUT2D eigenvalue weighted by atomic mass is 10.00. The van der Waals surface area contributed by atoms with Crippen LogP contribution in [0.3, 0.4) is 0 Å². The summed E-state index contributed by atoms with van der Waals surface area (Å²) in [5.41, 5.74) is 4.67. The van der Waals surface area contributed by atoms with Crippen molar-refractivity contribution in [2.75, 3.05) is 6.54 Å². The van der Waals surface area contributed by atoms with Crippen molar-refractivity contribution in [3.63, 3.8) is 0 Å². The molecule has 0 bridgehead atoms. The lowest BCUT2D eigenvalue weighted by molar-refractivity contribution is -0.141. The summed E-state index contributed by atoms with van der Waals surface area (Å²) in [6.07, 6.45) is 1.65.